The maximum atomic E-state index is 11.9. The predicted molar refractivity (Wildman–Crippen MR) is 80.0 cm³/mol. The molecule has 0 aliphatic rings. The summed E-state index contributed by atoms with van der Waals surface area (Å²) in [5, 5.41) is 6.39. The lowest BCUT2D eigenvalue weighted by atomic mass is 10.0. The van der Waals surface area contributed by atoms with Gasteiger partial charge in [-0.05, 0) is 12.0 Å². The van der Waals surface area contributed by atoms with Gasteiger partial charge in [-0.3, -0.25) is 4.79 Å². The summed E-state index contributed by atoms with van der Waals surface area (Å²) in [7, 11) is 0. The first-order valence-electron chi connectivity index (χ1n) is 7.21. The van der Waals surface area contributed by atoms with Crippen molar-refractivity contribution in [3.8, 4) is 0 Å². The molecule has 0 aliphatic carbocycles. The van der Waals surface area contributed by atoms with Gasteiger partial charge in [0, 0.05) is 19.0 Å². The summed E-state index contributed by atoms with van der Waals surface area (Å²) in [6.07, 6.45) is 2.57. The lowest BCUT2D eigenvalue weighted by Crippen LogP contribution is -2.32. The van der Waals surface area contributed by atoms with E-state index < -0.39 is 0 Å². The predicted octanol–water partition coefficient (Wildman–Crippen LogP) is 3.03. The van der Waals surface area contributed by atoms with Gasteiger partial charge in [0.2, 0.25) is 5.91 Å². The van der Waals surface area contributed by atoms with Crippen molar-refractivity contribution in [2.75, 3.05) is 6.54 Å². The Kier molecular flexibility index (Phi) is 7.19. The summed E-state index contributed by atoms with van der Waals surface area (Å²) in [6, 6.07) is 10.8. The van der Waals surface area contributed by atoms with Crippen LogP contribution in [-0.4, -0.2) is 18.5 Å². The molecular weight excluding hydrogens is 236 g/mol. The van der Waals surface area contributed by atoms with Crippen LogP contribution in [0.4, 0.5) is 0 Å². The molecule has 0 heterocycles. The zero-order chi connectivity index (χ0) is 14.1. The minimum atomic E-state index is 0.121. The number of rotatable bonds is 8. The lowest BCUT2D eigenvalue weighted by Gasteiger charge is -2.19. The van der Waals surface area contributed by atoms with Gasteiger partial charge in [0.15, 0.2) is 0 Å². The van der Waals surface area contributed by atoms with E-state index in [1.54, 1.807) is 0 Å². The Morgan fingerprint density at radius 2 is 1.89 bits per heavy atom. The van der Waals surface area contributed by atoms with Crippen LogP contribution in [0.3, 0.4) is 0 Å². The first-order chi connectivity index (χ1) is 9.13. The zero-order valence-electron chi connectivity index (χ0n) is 12.3. The molecule has 1 aromatic rings. The smallest absolute Gasteiger partial charge is 0.221 e. The Balaban J connectivity index is 2.47. The van der Waals surface area contributed by atoms with Gasteiger partial charge in [-0.25, -0.2) is 0 Å². The molecule has 0 radical (unpaired) electrons. The molecule has 0 fully saturated rings. The van der Waals surface area contributed by atoms with Gasteiger partial charge in [-0.1, -0.05) is 57.5 Å². The van der Waals surface area contributed by atoms with E-state index in [1.807, 2.05) is 18.2 Å². The van der Waals surface area contributed by atoms with E-state index in [0.717, 1.165) is 19.4 Å². The topological polar surface area (TPSA) is 41.1 Å². The molecule has 19 heavy (non-hydrogen) atoms. The summed E-state index contributed by atoms with van der Waals surface area (Å²) in [6.45, 7) is 7.04. The van der Waals surface area contributed by atoms with Crippen molar-refractivity contribution in [1.29, 1.82) is 0 Å². The van der Waals surface area contributed by atoms with Crippen LogP contribution < -0.4 is 10.6 Å². The number of carbonyl (C=O) groups is 1. The fourth-order valence-electron chi connectivity index (χ4n) is 2.04. The minimum Gasteiger partial charge on any atom is -0.349 e. The van der Waals surface area contributed by atoms with E-state index >= 15 is 0 Å². The lowest BCUT2D eigenvalue weighted by molar-refractivity contribution is -0.121. The summed E-state index contributed by atoms with van der Waals surface area (Å²) >= 11 is 0. The fourth-order valence-corrected chi connectivity index (χ4v) is 2.04. The van der Waals surface area contributed by atoms with E-state index in [9.17, 15) is 4.79 Å². The van der Waals surface area contributed by atoms with E-state index in [4.69, 9.17) is 0 Å². The molecule has 3 heteroatoms. The highest BCUT2D eigenvalue weighted by Gasteiger charge is 2.13. The molecular formula is C16H26N2O. The van der Waals surface area contributed by atoms with Gasteiger partial charge in [0.25, 0.3) is 0 Å². The fraction of sp³-hybridized carbons (Fsp3) is 0.562. The van der Waals surface area contributed by atoms with Crippen molar-refractivity contribution in [3.05, 3.63) is 35.9 Å². The Morgan fingerprint density at radius 3 is 2.47 bits per heavy atom. The van der Waals surface area contributed by atoms with Crippen LogP contribution in [0.2, 0.25) is 0 Å². The van der Waals surface area contributed by atoms with Gasteiger partial charge in [0.05, 0.1) is 6.04 Å². The third-order valence-electron chi connectivity index (χ3n) is 3.02. The zero-order valence-corrected chi connectivity index (χ0v) is 12.3. The molecule has 106 valence electrons. The second-order valence-corrected chi connectivity index (χ2v) is 5.18. The highest BCUT2D eigenvalue weighted by atomic mass is 16.1. The quantitative estimate of drug-likeness (QED) is 0.756. The van der Waals surface area contributed by atoms with Crippen molar-refractivity contribution in [2.45, 2.75) is 52.1 Å². The Morgan fingerprint density at radius 1 is 1.21 bits per heavy atom. The van der Waals surface area contributed by atoms with Crippen molar-refractivity contribution in [2.24, 2.45) is 0 Å². The van der Waals surface area contributed by atoms with Crippen LogP contribution in [0.25, 0.3) is 0 Å². The monoisotopic (exact) mass is 262 g/mol. The number of benzene rings is 1. The molecule has 1 atom stereocenters. The summed E-state index contributed by atoms with van der Waals surface area (Å²) in [5.74, 6) is 0.121. The number of hydrogen-bond donors (Lipinski definition) is 2. The van der Waals surface area contributed by atoms with Gasteiger partial charge in [-0.2, -0.15) is 0 Å². The second kappa shape index (κ2) is 8.70. The average Bonchev–Trinajstić information content (AvgIpc) is 2.39. The van der Waals surface area contributed by atoms with Crippen LogP contribution in [0.5, 0.6) is 0 Å². The van der Waals surface area contributed by atoms with Crippen molar-refractivity contribution >= 4 is 5.91 Å². The van der Waals surface area contributed by atoms with E-state index in [2.05, 4.69) is 43.5 Å². The number of nitrogens with one attached hydrogen (secondary N) is 2. The van der Waals surface area contributed by atoms with Crippen LogP contribution in [0.1, 0.15) is 51.6 Å². The number of hydrogen-bond acceptors (Lipinski definition) is 2. The summed E-state index contributed by atoms with van der Waals surface area (Å²) in [4.78, 5) is 11.9. The third kappa shape index (κ3) is 6.39. The second-order valence-electron chi connectivity index (χ2n) is 5.18. The third-order valence-corrected chi connectivity index (χ3v) is 3.02. The first-order valence-corrected chi connectivity index (χ1v) is 7.21. The molecule has 3 nitrogen and oxygen atoms in total. The average molecular weight is 262 g/mol. The van der Waals surface area contributed by atoms with Crippen LogP contribution >= 0.6 is 0 Å². The van der Waals surface area contributed by atoms with Gasteiger partial charge in [0.1, 0.15) is 0 Å². The molecule has 1 rings (SSSR count). The maximum absolute atomic E-state index is 11.9. The molecule has 0 aromatic heterocycles. The Hall–Kier alpha value is -1.35. The Labute approximate surface area is 116 Å². The van der Waals surface area contributed by atoms with Crippen LogP contribution in [-0.2, 0) is 4.79 Å². The summed E-state index contributed by atoms with van der Waals surface area (Å²) < 4.78 is 0. The van der Waals surface area contributed by atoms with Gasteiger partial charge in [-0.15, -0.1) is 0 Å². The van der Waals surface area contributed by atoms with Crippen LogP contribution in [0, 0.1) is 0 Å². The first kappa shape index (κ1) is 15.7. The molecule has 1 unspecified atom stereocenters. The minimum absolute atomic E-state index is 0.121. The van der Waals surface area contributed by atoms with E-state index in [-0.39, 0.29) is 11.9 Å². The largest absolute Gasteiger partial charge is 0.349 e. The van der Waals surface area contributed by atoms with Crippen molar-refractivity contribution in [1.82, 2.24) is 10.6 Å². The molecule has 1 amide bonds. The molecule has 2 N–H and O–H groups in total. The van der Waals surface area contributed by atoms with E-state index in [0.29, 0.717) is 12.5 Å². The van der Waals surface area contributed by atoms with E-state index in [1.165, 1.54) is 5.56 Å². The molecule has 0 spiro atoms. The normalized spacial score (nSPS) is 12.4. The molecule has 0 saturated carbocycles. The van der Waals surface area contributed by atoms with Gasteiger partial charge >= 0.3 is 0 Å². The van der Waals surface area contributed by atoms with Crippen molar-refractivity contribution in [3.63, 3.8) is 0 Å². The highest BCUT2D eigenvalue weighted by molar-refractivity contribution is 5.76. The highest BCUT2D eigenvalue weighted by Crippen LogP contribution is 2.17. The standard InChI is InChI=1S/C16H26N2O/c1-4-8-15(14-9-6-5-7-10-14)18-16(19)11-12-17-13(2)3/h5-7,9-10,13,15,17H,4,8,11-12H2,1-3H3,(H,18,19). The molecule has 0 aliphatic heterocycles. The number of carbonyl (C=O) groups excluding carboxylic acids is 1. The maximum Gasteiger partial charge on any atom is 0.221 e. The van der Waals surface area contributed by atoms with Gasteiger partial charge < -0.3 is 10.6 Å². The summed E-state index contributed by atoms with van der Waals surface area (Å²) in [5.41, 5.74) is 1.19. The van der Waals surface area contributed by atoms with Crippen molar-refractivity contribution < 1.29 is 4.79 Å². The Bertz CT molecular complexity index is 362. The molecule has 1 aromatic carbocycles. The SMILES string of the molecule is CCCC(NC(=O)CCNC(C)C)c1ccccc1. The molecule has 0 saturated heterocycles. The number of amides is 1. The molecule has 0 bridgehead atoms. The van der Waals surface area contributed by atoms with Crippen LogP contribution in [0.15, 0.2) is 30.3 Å².